The number of H-pyrrole nitrogens is 2. The second kappa shape index (κ2) is 36.1. The summed E-state index contributed by atoms with van der Waals surface area (Å²) in [5.41, 5.74) is 13.6. The predicted molar refractivity (Wildman–Crippen MR) is 338 cm³/mol. The van der Waals surface area contributed by atoms with Gasteiger partial charge in [-0.15, -0.1) is 0 Å². The number of aliphatic carboxylic acids is 1. The monoisotopic (exact) mass is 1260 g/mol. The molecule has 91 heavy (non-hydrogen) atoms. The number of aromatic nitrogens is 3. The number of carboxylic acids is 1. The number of benzene rings is 2. The summed E-state index contributed by atoms with van der Waals surface area (Å²) in [5, 5.41) is 43.2. The van der Waals surface area contributed by atoms with Gasteiger partial charge in [0, 0.05) is 112 Å². The lowest BCUT2D eigenvalue weighted by Gasteiger charge is -2.30. The van der Waals surface area contributed by atoms with E-state index in [1.165, 1.54) is 29.6 Å². The van der Waals surface area contributed by atoms with Crippen molar-refractivity contribution in [3.05, 3.63) is 84.1 Å². The number of para-hydroxylation sites is 1. The highest BCUT2D eigenvalue weighted by atomic mass is 16.4. The summed E-state index contributed by atoms with van der Waals surface area (Å²) < 4.78 is 0. The molecule has 26 heteroatoms. The molecule has 2 aromatic heterocycles. The quantitative estimate of drug-likeness (QED) is 0.0177. The van der Waals surface area contributed by atoms with Crippen LogP contribution in [-0.2, 0) is 72.0 Å². The number of Topliss-reactive ketones (excluding diaryl/α,β-unsaturated/α-hetero) is 4. The maximum absolute atomic E-state index is 14.8. The predicted octanol–water partition coefficient (Wildman–Crippen LogP) is 3.02. The molecule has 6 amide bonds. The average Bonchev–Trinajstić information content (AvgIpc) is 1.95. The van der Waals surface area contributed by atoms with Crippen LogP contribution < -0.4 is 38.1 Å². The van der Waals surface area contributed by atoms with Crippen LogP contribution in [0.25, 0.3) is 10.9 Å². The van der Waals surface area contributed by atoms with E-state index >= 15 is 0 Å². The number of carbonyl (C=O) groups is 11. The number of nitrogens with two attached hydrogens (primary N) is 2. The van der Waals surface area contributed by atoms with E-state index in [0.717, 1.165) is 17.8 Å². The smallest absolute Gasteiger partial charge is 0.300 e. The molecule has 2 saturated heterocycles. The number of nitrogens with zero attached hydrogens (tertiary/aromatic N) is 3. The molecule has 2 aliphatic heterocycles. The summed E-state index contributed by atoms with van der Waals surface area (Å²) in [6.45, 7) is 10.4. The van der Waals surface area contributed by atoms with Crippen LogP contribution in [0.2, 0.25) is 0 Å². The first-order chi connectivity index (χ1) is 43.3. The van der Waals surface area contributed by atoms with Crippen LogP contribution in [0.5, 0.6) is 5.75 Å². The summed E-state index contributed by atoms with van der Waals surface area (Å²) in [6, 6.07) is 8.12. The number of aromatic hydroxyl groups is 1. The fraction of sp³-hybridized carbons (Fsp3) is 0.554. The van der Waals surface area contributed by atoms with Gasteiger partial charge in [-0.25, -0.2) is 4.98 Å². The van der Waals surface area contributed by atoms with Crippen molar-refractivity contribution in [3.63, 3.8) is 0 Å². The molecule has 9 atom stereocenters. The summed E-state index contributed by atoms with van der Waals surface area (Å²) in [6.07, 6.45) is 5.44. The fourth-order valence-corrected chi connectivity index (χ4v) is 11.6. The first-order valence-electron chi connectivity index (χ1n) is 31.3. The number of ketones is 4. The van der Waals surface area contributed by atoms with E-state index in [-0.39, 0.29) is 118 Å². The topological polar surface area (TPSA) is 421 Å². The third-order valence-electron chi connectivity index (χ3n) is 16.1. The second-order valence-electron chi connectivity index (χ2n) is 24.5. The normalized spacial score (nSPS) is 16.8. The van der Waals surface area contributed by atoms with Crippen molar-refractivity contribution in [2.24, 2.45) is 52.0 Å². The molecule has 0 aliphatic carbocycles. The minimum Gasteiger partial charge on any atom is -0.508 e. The Morgan fingerprint density at radius 2 is 1.35 bits per heavy atom. The summed E-state index contributed by atoms with van der Waals surface area (Å²) in [7, 11) is 0. The van der Waals surface area contributed by atoms with Gasteiger partial charge in [-0.05, 0) is 99.5 Å². The summed E-state index contributed by atoms with van der Waals surface area (Å²) in [5.74, 6) is -10.6. The molecule has 0 saturated carbocycles. The Hall–Kier alpha value is -8.81. The van der Waals surface area contributed by atoms with Crippen molar-refractivity contribution in [1.29, 1.82) is 0 Å². The molecule has 0 radical (unpaired) electrons. The van der Waals surface area contributed by atoms with Gasteiger partial charge in [0.1, 0.15) is 11.8 Å². The number of aliphatic imine (C=N–C) groups is 1. The number of hydrogen-bond acceptors (Lipinski definition) is 15. The van der Waals surface area contributed by atoms with Gasteiger partial charge in [-0.3, -0.25) is 57.7 Å². The van der Waals surface area contributed by atoms with Crippen molar-refractivity contribution in [3.8, 4) is 5.75 Å². The molecule has 0 spiro atoms. The number of amides is 6. The molecular weight excluding hydrogens is 1170 g/mol. The van der Waals surface area contributed by atoms with Gasteiger partial charge >= 0.3 is 0 Å². The number of phenolic OH excluding ortho intramolecular Hbond substituents is 1. The zero-order chi connectivity index (χ0) is 66.9. The van der Waals surface area contributed by atoms with Gasteiger partial charge in [-0.2, -0.15) is 0 Å². The highest BCUT2D eigenvalue weighted by molar-refractivity contribution is 5.99. The van der Waals surface area contributed by atoms with Crippen LogP contribution in [0, 0.1) is 35.5 Å². The number of aliphatic hydroxyl groups excluding tert-OH is 1. The number of aromatic amines is 2. The van der Waals surface area contributed by atoms with Gasteiger partial charge in [-0.1, -0.05) is 58.0 Å². The lowest BCUT2D eigenvalue weighted by atomic mass is 9.86. The number of guanidine groups is 1. The van der Waals surface area contributed by atoms with Crippen LogP contribution in [0.15, 0.2) is 72.2 Å². The number of carbonyl (C=O) groups excluding carboxylic acids is 10. The number of phenols is 1. The van der Waals surface area contributed by atoms with E-state index in [2.05, 4.69) is 46.5 Å². The second-order valence-corrected chi connectivity index (χ2v) is 24.5. The lowest BCUT2D eigenvalue weighted by molar-refractivity contribution is -0.143. The molecule has 2 fully saturated rings. The molecule has 2 aliphatic rings. The number of aliphatic hydroxyl groups is 1. The Morgan fingerprint density at radius 3 is 1.96 bits per heavy atom. The molecule has 496 valence electrons. The Labute approximate surface area is 530 Å². The zero-order valence-corrected chi connectivity index (χ0v) is 53.0. The van der Waals surface area contributed by atoms with Crippen LogP contribution >= 0.6 is 0 Å². The van der Waals surface area contributed by atoms with Crippen molar-refractivity contribution in [2.45, 2.75) is 168 Å². The Morgan fingerprint density at radius 1 is 0.747 bits per heavy atom. The van der Waals surface area contributed by atoms with Crippen LogP contribution in [0.1, 0.15) is 135 Å². The fourth-order valence-electron chi connectivity index (χ4n) is 11.6. The van der Waals surface area contributed by atoms with Crippen molar-refractivity contribution in [1.82, 2.24) is 46.4 Å². The van der Waals surface area contributed by atoms with E-state index in [4.69, 9.17) is 21.4 Å². The molecule has 4 aromatic rings. The molecule has 14 N–H and O–H groups in total. The lowest BCUT2D eigenvalue weighted by Crippen LogP contribution is -2.50. The number of imidazole rings is 1. The van der Waals surface area contributed by atoms with E-state index < -0.39 is 114 Å². The van der Waals surface area contributed by atoms with Gasteiger partial charge in [0.05, 0.1) is 48.9 Å². The molecule has 6 rings (SSSR count). The highest BCUT2D eigenvalue weighted by Crippen LogP contribution is 2.28. The Balaban J connectivity index is 0.00000365. The molecular formula is C65H92N12O14. The van der Waals surface area contributed by atoms with E-state index in [1.807, 2.05) is 52.0 Å². The van der Waals surface area contributed by atoms with Gasteiger partial charge < -0.3 is 68.2 Å². The number of likely N-dealkylation sites (N-methyl/N-ethyl adjacent to an activating group) is 1. The largest absolute Gasteiger partial charge is 0.508 e. The number of likely N-dealkylation sites (tertiary alicyclic amines) is 1. The number of rotatable bonds is 36. The van der Waals surface area contributed by atoms with E-state index in [0.29, 0.717) is 49.2 Å². The first-order valence-corrected chi connectivity index (χ1v) is 31.3. The molecule has 4 heterocycles. The zero-order valence-electron chi connectivity index (χ0n) is 53.0. The van der Waals surface area contributed by atoms with Gasteiger partial charge in [0.25, 0.3) is 5.97 Å². The molecule has 2 aromatic carbocycles. The number of fused-ring (bicyclic) bond motifs is 1. The van der Waals surface area contributed by atoms with Gasteiger partial charge in [0.15, 0.2) is 29.1 Å². The standard InChI is InChI=1S/C63H88N12O12.C2H4O2/c1-6-67-61(86)52-14-10-22-75(52)62(87)39(11-9-21-68-63(64)65)28-54(79)49(24-37(4)5)72-58(83)40(23-36(2)3)29-55(80)50(25-38-15-17-45(77)18-16-38)73-60(85)43(34-76)31-56(81)51(27-42-32-69-47-13-8-7-12-46(42)47)74-59(84)41(26-44-33-66-35-70-44)30-53(78)48-19-20-57(82)71-48;1-2(3)4/h7-8,12-13,15-18,32-33,35-37,39-41,43,48-52,69,76-77H,6,9-11,14,19-31,34H2,1-5H3,(H,66,70)(H,67,86)(H,71,82)(H,72,83)(H,73,85)(H,74,84)(H4,64,65,68);1H3,(H,3,4)/t39-,40+,41-,43+,48+,49+,50+,51+,52+;/m1./s1. The number of nitrogens with one attached hydrogen (secondary N) is 7. The van der Waals surface area contributed by atoms with E-state index in [1.54, 1.807) is 25.3 Å². The highest BCUT2D eigenvalue weighted by Gasteiger charge is 2.40. The van der Waals surface area contributed by atoms with Gasteiger partial charge in [0.2, 0.25) is 35.4 Å². The molecule has 26 nitrogen and oxygen atoms in total. The first kappa shape index (κ1) is 72.9. The summed E-state index contributed by atoms with van der Waals surface area (Å²) >= 11 is 0. The number of hydrogen-bond donors (Lipinski definition) is 12. The minimum atomic E-state index is -1.45. The van der Waals surface area contributed by atoms with Crippen LogP contribution in [0.4, 0.5) is 0 Å². The molecule has 0 unspecified atom stereocenters. The third-order valence-corrected chi connectivity index (χ3v) is 16.1. The Kier molecular flexibility index (Phi) is 29.0. The van der Waals surface area contributed by atoms with Crippen LogP contribution in [-0.4, -0.2) is 162 Å². The Bertz CT molecular complexity index is 3150. The third kappa shape index (κ3) is 23.5. The SMILES string of the molecule is CC(=O)O.CCNC(=O)[C@@H]1CCCN1C(=O)[C@H](CCCN=C(N)N)CC(=O)[C@H](CC(C)C)NC(=O)[C@H](CC(=O)[C@H](Cc1ccc(O)cc1)NC(=O)[C@H](CO)CC(=O)[C@H](Cc1c[nH]c2ccccc12)NC(=O)[C@@H](CC(=O)[C@@H]1CCC(=O)N1)Cc1cnc[nH]1)CC(C)C. The number of carboxylic acid groups (broad SMARTS) is 1. The van der Waals surface area contributed by atoms with Crippen LogP contribution in [0.3, 0.4) is 0 Å². The average molecular weight is 1270 g/mol. The molecule has 0 bridgehead atoms. The maximum atomic E-state index is 14.8. The van der Waals surface area contributed by atoms with E-state index in [9.17, 15) is 58.2 Å². The van der Waals surface area contributed by atoms with Crippen molar-refractivity contribution < 1.29 is 68.1 Å². The van der Waals surface area contributed by atoms with Crippen molar-refractivity contribution >= 4 is 81.4 Å². The minimum absolute atomic E-state index is 0.0364. The summed E-state index contributed by atoms with van der Waals surface area (Å²) in [4.78, 5) is 165. The maximum Gasteiger partial charge on any atom is 0.300 e. The van der Waals surface area contributed by atoms with Crippen molar-refractivity contribution in [2.75, 3.05) is 26.2 Å².